The normalized spacial score (nSPS) is 17.6. The molecule has 8 aromatic rings. The molecule has 4 aromatic carbocycles. The number of halogens is 3. The van der Waals surface area contributed by atoms with Gasteiger partial charge in [0.2, 0.25) is 0 Å². The second kappa shape index (κ2) is 46.0. The summed E-state index contributed by atoms with van der Waals surface area (Å²) in [5.74, 6) is 0.0434. The van der Waals surface area contributed by atoms with Gasteiger partial charge >= 0.3 is 6.18 Å². The van der Waals surface area contributed by atoms with Crippen molar-refractivity contribution >= 4 is 169 Å². The Hall–Kier alpha value is -14.2. The number of alkyl halides is 3. The molecule has 0 saturated carbocycles. The smallest absolute Gasteiger partial charge is 0.416 e. The Kier molecular flexibility index (Phi) is 34.7. The number of benzene rings is 4. The maximum atomic E-state index is 12.8. The summed E-state index contributed by atoms with van der Waals surface area (Å²) in [6, 6.07) is 26.9. The van der Waals surface area contributed by atoms with Crippen LogP contribution in [0.1, 0.15) is 240 Å². The third kappa shape index (κ3) is 24.0. The number of aromatic nitrogens is 4. The zero-order chi connectivity index (χ0) is 105. The molecule has 28 heteroatoms. The van der Waals surface area contributed by atoms with Gasteiger partial charge in [0.05, 0.1) is 53.1 Å². The first-order chi connectivity index (χ1) is 68.0. The Morgan fingerprint density at radius 1 is 0.312 bits per heavy atom. The molecule has 0 bridgehead atoms. The van der Waals surface area contributed by atoms with E-state index in [9.17, 15) is 80.3 Å². The average molecular weight is 2000 g/mol. The second-order valence-corrected chi connectivity index (χ2v) is 40.6. The van der Waals surface area contributed by atoms with Crippen molar-refractivity contribution in [1.82, 2.24) is 19.9 Å². The Bertz CT molecular complexity index is 7420. The zero-order valence-corrected chi connectivity index (χ0v) is 87.5. The highest BCUT2D eigenvalue weighted by molar-refractivity contribution is 7.19. The number of hydrogen-bond acceptors (Lipinski definition) is 25. The van der Waals surface area contributed by atoms with E-state index in [1.165, 1.54) is 23.0 Å². The SMILES string of the molecule is CC1=C(C)C(=O)C(CC2=NC=CC2)=C(C)C1=O.CC1=C(C)C(=O)C(CC2=Nc3ccccc3C2)=C(C)C1=O.CC1=C(C)C(=O)C(CCCC2=NC=CC2)=C(C)C1=O.CC1=C(C)C(=O)C(CCCc2nc3cc(C(F)(F)F)ccc3s2)=C(C)C1=O.CC1=C(C)C(=O)C(Cc2nc3ccccc3o2)=C(C)C1=O.CC1=C(C)C(=O)C(Cc2nc3ccccc3s2)=C(C)C1=O.CC1=C(C)C(=O)C(Cc2ncc(C)s2)=C(C)C1=O. The summed E-state index contributed by atoms with van der Waals surface area (Å²) in [7, 11) is 0. The number of allylic oxidation sites excluding steroid dienone is 30. The lowest BCUT2D eigenvalue weighted by atomic mass is 9.83. The number of carbonyl (C=O) groups is 14. The van der Waals surface area contributed by atoms with E-state index >= 15 is 0 Å². The standard InChI is InChI=1S/C20H18F3NO2S.C18H17NO2.C17H15NO3.C17H15NO2S.C16H19NO2.C14H15NO2S.C14H15NO2/c1-10-11(2)19(26)14(12(3)18(10)25)5-4-6-17-24-15-9-13(20(21,22)23)7-8-16(15)27-17;1-10-11(2)18(21)15(12(3)17(10)20)9-14-8-13-6-4-5-7-16(13)19-14;2*1-9-10(2)17(20)12(11(3)16(9)19)8-15-18-13-6-4-5-7-14(13)21-15;1-10-11(2)16(19)14(12(3)15(10)18)8-4-6-13-7-5-9-17-13;1-7-6-15-12(18-7)5-11-10(4)13(16)8(2)9(3)14(11)17;1-8-9(2)14(17)12(10(3)13(8)16)7-11-5-4-6-15-11/h7-9H,4-6H2,1-3H3;4-7H,8-9H2,1-3H3;2*4-7H,8H2,1-3H3;5,9H,4,6-8H2,1-3H3;6H,5H2,1-4H3;4,6H,5,7H2,1-3H3. The molecule has 144 heavy (non-hydrogen) atoms. The molecular formula is C116H114F3N7O15S3. The predicted molar refractivity (Wildman–Crippen MR) is 559 cm³/mol. The van der Waals surface area contributed by atoms with Gasteiger partial charge in [-0.15, -0.1) is 34.0 Å². The first kappa shape index (κ1) is 109. The van der Waals surface area contributed by atoms with Crippen molar-refractivity contribution in [3.8, 4) is 0 Å². The molecule has 742 valence electrons. The Balaban J connectivity index is 0.000000150. The largest absolute Gasteiger partial charge is 0.440 e. The van der Waals surface area contributed by atoms with E-state index in [2.05, 4.69) is 41.0 Å². The molecule has 18 rings (SSSR count). The van der Waals surface area contributed by atoms with Crippen LogP contribution in [0.5, 0.6) is 0 Å². The maximum Gasteiger partial charge on any atom is 0.416 e. The van der Waals surface area contributed by atoms with Gasteiger partial charge in [-0.25, -0.2) is 19.9 Å². The van der Waals surface area contributed by atoms with E-state index in [1.807, 2.05) is 92.0 Å². The maximum absolute atomic E-state index is 12.8. The van der Waals surface area contributed by atoms with Crippen molar-refractivity contribution in [3.05, 3.63) is 315 Å². The molecule has 22 nitrogen and oxygen atoms in total. The van der Waals surface area contributed by atoms with Gasteiger partial charge in [-0.1, -0.05) is 54.6 Å². The number of Topliss-reactive ketones (excluding diaryl/α,β-unsaturated/α-hetero) is 14. The first-order valence-electron chi connectivity index (χ1n) is 47.4. The van der Waals surface area contributed by atoms with E-state index in [-0.39, 0.29) is 87.4 Å². The number of hydrogen-bond donors (Lipinski definition) is 0. The fourth-order valence-electron chi connectivity index (χ4n) is 17.6. The van der Waals surface area contributed by atoms with E-state index in [0.717, 1.165) is 103 Å². The highest BCUT2D eigenvalue weighted by atomic mass is 32.1. The number of nitrogens with zero attached hydrogens (tertiary/aromatic N) is 7. The van der Waals surface area contributed by atoms with Crippen LogP contribution in [0.4, 0.5) is 18.9 Å². The van der Waals surface area contributed by atoms with Crippen LogP contribution in [0.25, 0.3) is 31.5 Å². The van der Waals surface area contributed by atoms with Crippen LogP contribution < -0.4 is 0 Å². The number of fused-ring (bicyclic) bond motifs is 4. The minimum atomic E-state index is -4.39. The second-order valence-electron chi connectivity index (χ2n) is 37.0. The zero-order valence-electron chi connectivity index (χ0n) is 85.1. The topological polar surface area (TPSA) is 341 Å². The predicted octanol–water partition coefficient (Wildman–Crippen LogP) is 24.4. The van der Waals surface area contributed by atoms with Crippen molar-refractivity contribution in [2.45, 2.75) is 248 Å². The summed E-state index contributed by atoms with van der Waals surface area (Å²) in [5, 5.41) is 2.48. The quantitative estimate of drug-likeness (QED) is 0.0720. The van der Waals surface area contributed by atoms with Gasteiger partial charge in [0.25, 0.3) is 0 Å². The van der Waals surface area contributed by atoms with Crippen molar-refractivity contribution in [3.63, 3.8) is 0 Å². The lowest BCUT2D eigenvalue weighted by Crippen LogP contribution is -2.22. The summed E-state index contributed by atoms with van der Waals surface area (Å²) in [6.07, 6.45) is 13.5. The molecule has 0 spiro atoms. The summed E-state index contributed by atoms with van der Waals surface area (Å²) < 4.78 is 45.8. The van der Waals surface area contributed by atoms with Crippen LogP contribution in [0.15, 0.2) is 297 Å². The van der Waals surface area contributed by atoms with Crippen LogP contribution in [-0.2, 0) is 105 Å². The highest BCUT2D eigenvalue weighted by Crippen LogP contribution is 2.40. The van der Waals surface area contributed by atoms with Gasteiger partial charge in [0.1, 0.15) is 5.52 Å². The lowest BCUT2D eigenvalue weighted by molar-refractivity contribution is -0.137. The van der Waals surface area contributed by atoms with Crippen LogP contribution in [0.3, 0.4) is 0 Å². The molecule has 7 heterocycles. The number of aryl methyl sites for hydroxylation is 2. The van der Waals surface area contributed by atoms with Crippen LogP contribution in [-0.4, -0.2) is 118 Å². The van der Waals surface area contributed by atoms with Gasteiger partial charge in [0.15, 0.2) is 92.4 Å². The molecule has 0 N–H and O–H groups in total. The summed E-state index contributed by atoms with van der Waals surface area (Å²) >= 11 is 4.49. The monoisotopic (exact) mass is 2000 g/mol. The third-order valence-corrected chi connectivity index (χ3v) is 30.9. The summed E-state index contributed by atoms with van der Waals surface area (Å²) in [4.78, 5) is 202. The molecule has 0 saturated heterocycles. The van der Waals surface area contributed by atoms with Crippen molar-refractivity contribution in [2.24, 2.45) is 15.0 Å². The number of oxazole rings is 1. The third-order valence-electron chi connectivity index (χ3n) is 27.8. The number of ketones is 14. The fourth-order valence-corrected chi connectivity index (χ4v) is 20.4. The van der Waals surface area contributed by atoms with Gasteiger partial charge < -0.3 is 4.42 Å². The molecule has 0 amide bonds. The first-order valence-corrected chi connectivity index (χ1v) is 49.8. The van der Waals surface area contributed by atoms with Gasteiger partial charge in [-0.05, 0) is 245 Å². The molecule has 3 aliphatic heterocycles. The Labute approximate surface area is 846 Å². The van der Waals surface area contributed by atoms with Crippen LogP contribution in [0, 0.1) is 6.92 Å². The molecular weight excluding hydrogens is 1880 g/mol. The fraction of sp³-hybridized carbons (Fsp3) is 0.319. The van der Waals surface area contributed by atoms with E-state index in [4.69, 9.17) is 4.42 Å². The van der Waals surface area contributed by atoms with E-state index in [1.54, 1.807) is 180 Å². The number of aliphatic imine (C=N–C) groups is 3. The van der Waals surface area contributed by atoms with Crippen LogP contribution >= 0.6 is 34.0 Å². The minimum absolute atomic E-state index is 0.00537. The van der Waals surface area contributed by atoms with Gasteiger partial charge in [-0.3, -0.25) is 82.1 Å². The van der Waals surface area contributed by atoms with Crippen molar-refractivity contribution < 1.29 is 84.7 Å². The van der Waals surface area contributed by atoms with Crippen LogP contribution in [0.2, 0.25) is 0 Å². The molecule has 10 aliphatic rings. The number of carbonyl (C=O) groups excluding carboxylic acids is 14. The van der Waals surface area contributed by atoms with E-state index in [0.29, 0.717) is 229 Å². The molecule has 0 fully saturated rings. The Morgan fingerprint density at radius 3 is 1.10 bits per heavy atom. The van der Waals surface area contributed by atoms with Gasteiger partial charge in [0, 0.05) is 242 Å². The molecule has 4 aromatic heterocycles. The van der Waals surface area contributed by atoms with Gasteiger partial charge in [-0.2, -0.15) is 13.2 Å². The molecule has 0 radical (unpaired) electrons. The molecule has 0 unspecified atom stereocenters. The molecule has 7 aliphatic carbocycles. The van der Waals surface area contributed by atoms with Crippen molar-refractivity contribution in [2.75, 3.05) is 0 Å². The number of thiazole rings is 3. The van der Waals surface area contributed by atoms with E-state index < -0.39 is 11.7 Å². The summed E-state index contributed by atoms with van der Waals surface area (Å²) in [5.41, 5.74) is 22.9. The number of para-hydroxylation sites is 4. The van der Waals surface area contributed by atoms with Crippen molar-refractivity contribution in [1.29, 1.82) is 0 Å². The Morgan fingerprint density at radius 2 is 0.674 bits per heavy atom. The number of rotatable bonds is 18. The molecule has 0 atom stereocenters. The summed E-state index contributed by atoms with van der Waals surface area (Å²) in [6.45, 7) is 38.0. The lowest BCUT2D eigenvalue weighted by Gasteiger charge is -2.18. The highest BCUT2D eigenvalue weighted by Gasteiger charge is 2.37. The minimum Gasteiger partial charge on any atom is -0.440 e. The average Bonchev–Trinajstić information content (AvgIpc) is 1.55.